The van der Waals surface area contributed by atoms with E-state index in [2.05, 4.69) is 4.85 Å². The van der Waals surface area contributed by atoms with Crippen molar-refractivity contribution in [3.63, 3.8) is 0 Å². The summed E-state index contributed by atoms with van der Waals surface area (Å²) in [6.45, 7) is 10.7. The molecule has 1 aromatic heterocycles. The van der Waals surface area contributed by atoms with Crippen molar-refractivity contribution >= 4 is 22.7 Å². The topological polar surface area (TPSA) is 45.2 Å². The molecule has 0 atom stereocenters. The SMILES string of the molecule is [C-]#[N+]/C(C#N)=C1\C(=C(C)C)C(=O)c2cscc21. The highest BCUT2D eigenvalue weighted by Crippen LogP contribution is 2.42. The Kier molecular flexibility index (Phi) is 2.67. The number of rotatable bonds is 0. The third kappa shape index (κ3) is 1.51. The summed E-state index contributed by atoms with van der Waals surface area (Å²) in [5, 5.41) is 12.6. The van der Waals surface area contributed by atoms with Gasteiger partial charge in [-0.25, -0.2) is 10.1 Å². The van der Waals surface area contributed by atoms with Crippen LogP contribution in [-0.2, 0) is 0 Å². The first kappa shape index (κ1) is 11.3. The highest BCUT2D eigenvalue weighted by atomic mass is 32.1. The van der Waals surface area contributed by atoms with Gasteiger partial charge in [-0.15, -0.1) is 0 Å². The molecule has 0 aliphatic heterocycles. The van der Waals surface area contributed by atoms with Crippen molar-refractivity contribution < 1.29 is 4.79 Å². The van der Waals surface area contributed by atoms with Gasteiger partial charge in [0.2, 0.25) is 0 Å². The number of nitrogens with zero attached hydrogens (tertiary/aromatic N) is 2. The van der Waals surface area contributed by atoms with Crippen LogP contribution in [0.25, 0.3) is 10.4 Å². The zero-order valence-electron chi connectivity index (χ0n) is 9.37. The summed E-state index contributed by atoms with van der Waals surface area (Å²) >= 11 is 1.41. The van der Waals surface area contributed by atoms with Crippen molar-refractivity contribution in [1.29, 1.82) is 5.26 Å². The number of carbonyl (C=O) groups excluding carboxylic acids is 1. The van der Waals surface area contributed by atoms with Crippen molar-refractivity contribution in [2.75, 3.05) is 0 Å². The Morgan fingerprint density at radius 3 is 2.53 bits per heavy atom. The van der Waals surface area contributed by atoms with E-state index in [1.807, 2.05) is 25.3 Å². The van der Waals surface area contributed by atoms with Gasteiger partial charge in [-0.3, -0.25) is 4.79 Å². The minimum atomic E-state index is -0.0762. The molecule has 0 spiro atoms. The zero-order chi connectivity index (χ0) is 12.6. The molecule has 17 heavy (non-hydrogen) atoms. The maximum Gasteiger partial charge on any atom is 0.270 e. The smallest absolute Gasteiger partial charge is 0.270 e. The fraction of sp³-hybridized carbons (Fsp3) is 0.154. The van der Waals surface area contributed by atoms with Gasteiger partial charge in [0.25, 0.3) is 5.70 Å². The van der Waals surface area contributed by atoms with E-state index in [4.69, 9.17) is 11.8 Å². The van der Waals surface area contributed by atoms with Gasteiger partial charge >= 0.3 is 0 Å². The van der Waals surface area contributed by atoms with E-state index in [1.165, 1.54) is 11.3 Å². The van der Waals surface area contributed by atoms with E-state index in [1.54, 1.807) is 5.38 Å². The molecule has 0 saturated heterocycles. The number of ketones is 1. The van der Waals surface area contributed by atoms with Crippen LogP contribution in [0.4, 0.5) is 0 Å². The van der Waals surface area contributed by atoms with E-state index in [-0.39, 0.29) is 11.5 Å². The van der Waals surface area contributed by atoms with Gasteiger partial charge in [0, 0.05) is 22.1 Å². The van der Waals surface area contributed by atoms with Gasteiger partial charge in [0.15, 0.2) is 5.78 Å². The van der Waals surface area contributed by atoms with Gasteiger partial charge in [-0.1, -0.05) is 5.57 Å². The number of hydrogen-bond donors (Lipinski definition) is 0. The Labute approximate surface area is 103 Å². The van der Waals surface area contributed by atoms with Crippen molar-refractivity contribution in [1.82, 2.24) is 0 Å². The molecular formula is C13H8N2OS. The molecule has 1 aromatic rings. The molecule has 1 heterocycles. The molecule has 4 heteroatoms. The van der Waals surface area contributed by atoms with Crippen LogP contribution in [0.5, 0.6) is 0 Å². The Hall–Kier alpha value is -2.17. The summed E-state index contributed by atoms with van der Waals surface area (Å²) in [7, 11) is 0. The van der Waals surface area contributed by atoms with Crippen LogP contribution in [0.2, 0.25) is 0 Å². The van der Waals surface area contributed by atoms with Crippen LogP contribution in [-0.4, -0.2) is 5.78 Å². The lowest BCUT2D eigenvalue weighted by Crippen LogP contribution is -1.97. The minimum Gasteiger partial charge on any atom is -0.289 e. The van der Waals surface area contributed by atoms with Crippen LogP contribution in [0.3, 0.4) is 0 Å². The van der Waals surface area contributed by atoms with Crippen molar-refractivity contribution in [2.24, 2.45) is 0 Å². The van der Waals surface area contributed by atoms with Crippen LogP contribution in [0.1, 0.15) is 29.8 Å². The molecule has 1 aliphatic rings. The van der Waals surface area contributed by atoms with Crippen molar-refractivity contribution in [2.45, 2.75) is 13.8 Å². The number of allylic oxidation sites excluding steroid dienone is 4. The van der Waals surface area contributed by atoms with Crippen LogP contribution < -0.4 is 0 Å². The number of Topliss-reactive ketones (excluding diaryl/α,β-unsaturated/α-hetero) is 1. The minimum absolute atomic E-state index is 0.00769. The van der Waals surface area contributed by atoms with E-state index in [9.17, 15) is 4.79 Å². The Bertz CT molecular complexity index is 642. The highest BCUT2D eigenvalue weighted by molar-refractivity contribution is 7.08. The largest absolute Gasteiger partial charge is 0.289 e. The second kappa shape index (κ2) is 4.01. The predicted molar refractivity (Wildman–Crippen MR) is 66.2 cm³/mol. The van der Waals surface area contributed by atoms with Gasteiger partial charge in [-0.05, 0) is 24.8 Å². The normalized spacial score (nSPS) is 16.2. The Balaban J connectivity index is 2.88. The molecule has 0 fully saturated rings. The first-order valence-corrected chi connectivity index (χ1v) is 5.87. The third-order valence-corrected chi connectivity index (χ3v) is 3.35. The summed E-state index contributed by atoms with van der Waals surface area (Å²) in [6, 6.07) is 1.87. The molecule has 3 nitrogen and oxygen atoms in total. The average molecular weight is 240 g/mol. The zero-order valence-corrected chi connectivity index (χ0v) is 10.2. The predicted octanol–water partition coefficient (Wildman–Crippen LogP) is 3.43. The second-order valence-corrected chi connectivity index (χ2v) is 4.59. The van der Waals surface area contributed by atoms with Gasteiger partial charge in [0.05, 0.1) is 12.6 Å². The molecule has 82 valence electrons. The number of thiophene rings is 1. The highest BCUT2D eigenvalue weighted by Gasteiger charge is 2.33. The quantitative estimate of drug-likeness (QED) is 0.396. The summed E-state index contributed by atoms with van der Waals surface area (Å²) in [4.78, 5) is 15.4. The lowest BCUT2D eigenvalue weighted by molar-refractivity contribution is 0.104. The van der Waals surface area contributed by atoms with E-state index in [0.717, 1.165) is 11.1 Å². The third-order valence-electron chi connectivity index (χ3n) is 2.61. The first-order chi connectivity index (χ1) is 8.11. The first-order valence-electron chi connectivity index (χ1n) is 4.92. The summed E-state index contributed by atoms with van der Waals surface area (Å²) in [6.07, 6.45) is 0. The molecule has 0 saturated carbocycles. The molecule has 0 bridgehead atoms. The summed E-state index contributed by atoms with van der Waals surface area (Å²) in [5.41, 5.74) is 3.18. The summed E-state index contributed by atoms with van der Waals surface area (Å²) in [5.74, 6) is -0.0762. The van der Waals surface area contributed by atoms with Gasteiger partial charge in [0.1, 0.15) is 0 Å². The molecule has 0 N–H and O–H groups in total. The maximum absolute atomic E-state index is 12.1. The molecular weight excluding hydrogens is 232 g/mol. The van der Waals surface area contributed by atoms with E-state index in [0.29, 0.717) is 16.7 Å². The van der Waals surface area contributed by atoms with Gasteiger partial charge < -0.3 is 0 Å². The van der Waals surface area contributed by atoms with Crippen molar-refractivity contribution in [3.05, 3.63) is 50.1 Å². The molecule has 0 aromatic carbocycles. The average Bonchev–Trinajstić information content (AvgIpc) is 2.84. The molecule has 1 aliphatic carbocycles. The standard InChI is InChI=1S/C13H8N2OS/c1-7(2)11-12(10(4-14)15-3)8-5-17-6-9(8)13(11)16/h5-6H,1-2H3/b12-10-. The fourth-order valence-corrected chi connectivity index (χ4v) is 2.73. The van der Waals surface area contributed by atoms with Crippen molar-refractivity contribution in [3.8, 4) is 6.07 Å². The van der Waals surface area contributed by atoms with E-state index >= 15 is 0 Å². The van der Waals surface area contributed by atoms with Crippen LogP contribution in [0, 0.1) is 17.9 Å². The lowest BCUT2D eigenvalue weighted by Gasteiger charge is -2.03. The van der Waals surface area contributed by atoms with E-state index < -0.39 is 0 Å². The number of fused-ring (bicyclic) bond motifs is 1. The number of nitriles is 1. The van der Waals surface area contributed by atoms with Crippen LogP contribution >= 0.6 is 11.3 Å². The molecule has 0 unspecified atom stereocenters. The Morgan fingerprint density at radius 2 is 2.00 bits per heavy atom. The second-order valence-electron chi connectivity index (χ2n) is 3.85. The maximum atomic E-state index is 12.1. The number of hydrogen-bond acceptors (Lipinski definition) is 3. The number of carbonyl (C=O) groups is 1. The monoisotopic (exact) mass is 240 g/mol. The van der Waals surface area contributed by atoms with Crippen LogP contribution in [0.15, 0.2) is 27.6 Å². The molecule has 2 rings (SSSR count). The van der Waals surface area contributed by atoms with Gasteiger partial charge in [-0.2, -0.15) is 11.3 Å². The fourth-order valence-electron chi connectivity index (χ4n) is 1.91. The summed E-state index contributed by atoms with van der Waals surface area (Å²) < 4.78 is 0. The molecule has 0 radical (unpaired) electrons. The lowest BCUT2D eigenvalue weighted by atomic mass is 10.0. The molecule has 0 amide bonds. The Morgan fingerprint density at radius 1 is 1.35 bits per heavy atom.